The Kier molecular flexibility index (Phi) is 7.04. The minimum atomic E-state index is 0.611. The SMILES string of the molecule is CCc1ccc(CC)c(CCCCNC(C)C)c1. The van der Waals surface area contributed by atoms with Crippen LogP contribution in [0.2, 0.25) is 0 Å². The Morgan fingerprint density at radius 3 is 2.39 bits per heavy atom. The zero-order chi connectivity index (χ0) is 13.4. The van der Waals surface area contributed by atoms with Crippen molar-refractivity contribution in [2.75, 3.05) is 6.54 Å². The molecular weight excluding hydrogens is 218 g/mol. The van der Waals surface area contributed by atoms with Gasteiger partial charge in [0.2, 0.25) is 0 Å². The maximum absolute atomic E-state index is 3.48. The molecule has 0 amide bonds. The third kappa shape index (κ3) is 5.22. The number of unbranched alkanes of at least 4 members (excludes halogenated alkanes) is 1. The summed E-state index contributed by atoms with van der Waals surface area (Å²) in [5.74, 6) is 0. The summed E-state index contributed by atoms with van der Waals surface area (Å²) in [5, 5.41) is 3.48. The Hall–Kier alpha value is -0.820. The summed E-state index contributed by atoms with van der Waals surface area (Å²) in [6.07, 6.45) is 6.10. The number of benzene rings is 1. The number of rotatable bonds is 8. The lowest BCUT2D eigenvalue weighted by atomic mass is 9.97. The minimum absolute atomic E-state index is 0.611. The van der Waals surface area contributed by atoms with E-state index >= 15 is 0 Å². The molecule has 0 saturated carbocycles. The van der Waals surface area contributed by atoms with E-state index in [9.17, 15) is 0 Å². The van der Waals surface area contributed by atoms with Crippen LogP contribution in [0.5, 0.6) is 0 Å². The second-order valence-corrected chi connectivity index (χ2v) is 5.38. The fraction of sp³-hybridized carbons (Fsp3) is 0.647. The molecule has 0 atom stereocenters. The van der Waals surface area contributed by atoms with Crippen LogP contribution in [-0.2, 0) is 19.3 Å². The van der Waals surface area contributed by atoms with Gasteiger partial charge in [-0.2, -0.15) is 0 Å². The van der Waals surface area contributed by atoms with E-state index in [-0.39, 0.29) is 0 Å². The molecule has 0 aromatic heterocycles. The van der Waals surface area contributed by atoms with Crippen LogP contribution in [0.15, 0.2) is 18.2 Å². The minimum Gasteiger partial charge on any atom is -0.315 e. The molecule has 0 aliphatic heterocycles. The van der Waals surface area contributed by atoms with Crippen LogP contribution in [0.4, 0.5) is 0 Å². The van der Waals surface area contributed by atoms with E-state index in [1.165, 1.54) is 30.4 Å². The first-order valence-corrected chi connectivity index (χ1v) is 7.51. The number of hydrogen-bond acceptors (Lipinski definition) is 1. The molecule has 1 heteroatoms. The molecule has 1 nitrogen and oxygen atoms in total. The van der Waals surface area contributed by atoms with Crippen molar-refractivity contribution in [1.82, 2.24) is 5.32 Å². The van der Waals surface area contributed by atoms with Gasteiger partial charge in [0, 0.05) is 6.04 Å². The van der Waals surface area contributed by atoms with Crippen LogP contribution in [0.25, 0.3) is 0 Å². The first-order chi connectivity index (χ1) is 8.67. The van der Waals surface area contributed by atoms with Gasteiger partial charge in [-0.1, -0.05) is 45.9 Å². The van der Waals surface area contributed by atoms with Gasteiger partial charge in [0.15, 0.2) is 0 Å². The predicted octanol–water partition coefficient (Wildman–Crippen LogP) is 4.13. The lowest BCUT2D eigenvalue weighted by Gasteiger charge is -2.11. The van der Waals surface area contributed by atoms with Gasteiger partial charge in [-0.25, -0.2) is 0 Å². The maximum Gasteiger partial charge on any atom is 0.00103 e. The first kappa shape index (κ1) is 15.2. The summed E-state index contributed by atoms with van der Waals surface area (Å²) in [7, 11) is 0. The Morgan fingerprint density at radius 2 is 1.78 bits per heavy atom. The molecular formula is C17H29N. The molecule has 0 spiro atoms. The van der Waals surface area contributed by atoms with Crippen molar-refractivity contribution in [3.05, 3.63) is 34.9 Å². The lowest BCUT2D eigenvalue weighted by Crippen LogP contribution is -2.23. The topological polar surface area (TPSA) is 12.0 Å². The highest BCUT2D eigenvalue weighted by molar-refractivity contribution is 5.32. The van der Waals surface area contributed by atoms with E-state index < -0.39 is 0 Å². The predicted molar refractivity (Wildman–Crippen MR) is 81.3 cm³/mol. The first-order valence-electron chi connectivity index (χ1n) is 7.51. The third-order valence-electron chi connectivity index (χ3n) is 3.49. The van der Waals surface area contributed by atoms with E-state index in [1.807, 2.05) is 0 Å². The standard InChI is InChI=1S/C17H29N/c1-5-15-10-11-16(6-2)17(13-15)9-7-8-12-18-14(3)4/h10-11,13-14,18H,5-9,12H2,1-4H3. The van der Waals surface area contributed by atoms with Crippen molar-refractivity contribution in [1.29, 1.82) is 0 Å². The number of aryl methyl sites for hydroxylation is 3. The monoisotopic (exact) mass is 247 g/mol. The molecule has 0 aliphatic carbocycles. The van der Waals surface area contributed by atoms with Crippen molar-refractivity contribution < 1.29 is 0 Å². The van der Waals surface area contributed by atoms with Crippen molar-refractivity contribution >= 4 is 0 Å². The lowest BCUT2D eigenvalue weighted by molar-refractivity contribution is 0.557. The quantitative estimate of drug-likeness (QED) is 0.681. The number of hydrogen-bond donors (Lipinski definition) is 1. The fourth-order valence-electron chi connectivity index (χ4n) is 2.31. The second kappa shape index (κ2) is 8.31. The smallest absolute Gasteiger partial charge is 0.00103 e. The Bertz CT molecular complexity index is 341. The fourth-order valence-corrected chi connectivity index (χ4v) is 2.31. The Labute approximate surface area is 113 Å². The zero-order valence-electron chi connectivity index (χ0n) is 12.6. The third-order valence-corrected chi connectivity index (χ3v) is 3.49. The summed E-state index contributed by atoms with van der Waals surface area (Å²) in [4.78, 5) is 0. The molecule has 1 aromatic rings. The molecule has 0 saturated heterocycles. The average molecular weight is 247 g/mol. The van der Waals surface area contributed by atoms with E-state index in [0.717, 1.165) is 19.4 Å². The molecule has 0 fully saturated rings. The van der Waals surface area contributed by atoms with E-state index in [1.54, 1.807) is 5.56 Å². The van der Waals surface area contributed by atoms with Crippen molar-refractivity contribution in [3.8, 4) is 0 Å². The highest BCUT2D eigenvalue weighted by Gasteiger charge is 2.02. The molecule has 1 aromatic carbocycles. The van der Waals surface area contributed by atoms with E-state index in [4.69, 9.17) is 0 Å². The van der Waals surface area contributed by atoms with Crippen molar-refractivity contribution in [2.24, 2.45) is 0 Å². The van der Waals surface area contributed by atoms with Gasteiger partial charge in [-0.05, 0) is 55.3 Å². The Morgan fingerprint density at radius 1 is 1.00 bits per heavy atom. The van der Waals surface area contributed by atoms with Crippen molar-refractivity contribution in [3.63, 3.8) is 0 Å². The van der Waals surface area contributed by atoms with Gasteiger partial charge in [0.25, 0.3) is 0 Å². The largest absolute Gasteiger partial charge is 0.315 e. The summed E-state index contributed by atoms with van der Waals surface area (Å²) in [6.45, 7) is 10.1. The van der Waals surface area contributed by atoms with E-state index in [0.29, 0.717) is 6.04 Å². The zero-order valence-corrected chi connectivity index (χ0v) is 12.6. The molecule has 102 valence electrons. The molecule has 0 radical (unpaired) electrons. The van der Waals surface area contributed by atoms with Gasteiger partial charge in [-0.3, -0.25) is 0 Å². The van der Waals surface area contributed by atoms with Crippen LogP contribution in [-0.4, -0.2) is 12.6 Å². The van der Waals surface area contributed by atoms with Gasteiger partial charge < -0.3 is 5.32 Å². The van der Waals surface area contributed by atoms with Crippen LogP contribution in [0.1, 0.15) is 57.2 Å². The molecule has 1 N–H and O–H groups in total. The molecule has 0 aliphatic rings. The molecule has 18 heavy (non-hydrogen) atoms. The van der Waals surface area contributed by atoms with Crippen LogP contribution in [0.3, 0.4) is 0 Å². The highest BCUT2D eigenvalue weighted by atomic mass is 14.9. The summed E-state index contributed by atoms with van der Waals surface area (Å²) < 4.78 is 0. The second-order valence-electron chi connectivity index (χ2n) is 5.38. The normalized spacial score (nSPS) is 11.2. The van der Waals surface area contributed by atoms with Crippen LogP contribution < -0.4 is 5.32 Å². The van der Waals surface area contributed by atoms with Gasteiger partial charge in [0.05, 0.1) is 0 Å². The maximum atomic E-state index is 3.48. The summed E-state index contributed by atoms with van der Waals surface area (Å²) >= 11 is 0. The Balaban J connectivity index is 2.44. The van der Waals surface area contributed by atoms with Gasteiger partial charge >= 0.3 is 0 Å². The van der Waals surface area contributed by atoms with Crippen molar-refractivity contribution in [2.45, 2.75) is 65.8 Å². The highest BCUT2D eigenvalue weighted by Crippen LogP contribution is 2.16. The summed E-state index contributed by atoms with van der Waals surface area (Å²) in [5.41, 5.74) is 4.58. The van der Waals surface area contributed by atoms with Gasteiger partial charge in [-0.15, -0.1) is 0 Å². The molecule has 0 unspecified atom stereocenters. The average Bonchev–Trinajstić information content (AvgIpc) is 2.37. The molecule has 0 bridgehead atoms. The van der Waals surface area contributed by atoms with Crippen LogP contribution >= 0.6 is 0 Å². The van der Waals surface area contributed by atoms with E-state index in [2.05, 4.69) is 51.2 Å². The van der Waals surface area contributed by atoms with Gasteiger partial charge in [0.1, 0.15) is 0 Å². The molecule has 1 rings (SSSR count). The summed E-state index contributed by atoms with van der Waals surface area (Å²) in [6, 6.07) is 7.62. The number of nitrogens with one attached hydrogen (secondary N) is 1. The van der Waals surface area contributed by atoms with Crippen LogP contribution in [0, 0.1) is 0 Å². The molecule has 0 heterocycles.